The van der Waals surface area contributed by atoms with Crippen molar-refractivity contribution in [1.29, 1.82) is 0 Å². The van der Waals surface area contributed by atoms with Gasteiger partial charge in [0.2, 0.25) is 16.0 Å². The molecule has 2 aromatic carbocycles. The summed E-state index contributed by atoms with van der Waals surface area (Å²) in [7, 11) is -7.19. The lowest BCUT2D eigenvalue weighted by molar-refractivity contribution is 0.130. The summed E-state index contributed by atoms with van der Waals surface area (Å²) in [6.07, 6.45) is 0.627. The Morgan fingerprint density at radius 3 is 2.16 bits per heavy atom. The molecular weight excluding hydrogens is 598 g/mol. The minimum Gasteiger partial charge on any atom is -0.465 e. The van der Waals surface area contributed by atoms with Crippen LogP contribution in [0.1, 0.15) is 24.1 Å². The van der Waals surface area contributed by atoms with E-state index in [1.54, 1.807) is 48.5 Å². The zero-order valence-corrected chi connectivity index (χ0v) is 24.6. The number of aryl methyl sites for hydroxylation is 1. The van der Waals surface area contributed by atoms with Crippen molar-refractivity contribution in [3.8, 4) is 11.3 Å². The van der Waals surface area contributed by atoms with E-state index in [9.17, 15) is 31.8 Å². The number of carbonyl (C=O) groups is 1. The predicted octanol–water partition coefficient (Wildman–Crippen LogP) is 1.77. The number of amides is 1. The number of primary sulfonamides is 1. The second-order valence-electron chi connectivity index (χ2n) is 10.4. The second-order valence-corrected chi connectivity index (χ2v) is 14.2. The van der Waals surface area contributed by atoms with E-state index >= 15 is 0 Å². The largest absolute Gasteiger partial charge is 0.465 e. The molecule has 2 heterocycles. The average molecular weight is 628 g/mol. The molecule has 1 saturated carbocycles. The Kier molecular flexibility index (Phi) is 7.82. The second kappa shape index (κ2) is 11.1. The number of nitrogens with two attached hydrogens (primary N) is 2. The Bertz CT molecular complexity index is 1910. The van der Waals surface area contributed by atoms with Crippen molar-refractivity contribution in [3.05, 3.63) is 71.9 Å². The molecule has 43 heavy (non-hydrogen) atoms. The van der Waals surface area contributed by atoms with E-state index in [2.05, 4.69) is 9.97 Å². The molecular formula is C27H29N7O7S2. The lowest BCUT2D eigenvalue weighted by Crippen LogP contribution is -2.41. The van der Waals surface area contributed by atoms with Crippen LogP contribution in [0.25, 0.3) is 22.3 Å². The number of anilines is 2. The lowest BCUT2D eigenvalue weighted by atomic mass is 10.1. The van der Waals surface area contributed by atoms with Crippen LogP contribution in [0.15, 0.2) is 65.6 Å². The van der Waals surface area contributed by atoms with Gasteiger partial charge in [0.15, 0.2) is 0 Å². The average Bonchev–Trinajstić information content (AvgIpc) is 3.68. The van der Waals surface area contributed by atoms with E-state index in [0.717, 1.165) is 11.2 Å². The molecule has 1 amide bonds. The first kappa shape index (κ1) is 30.2. The smallest absolute Gasteiger partial charge is 0.414 e. The maximum atomic E-state index is 12.0. The number of hydrazine groups is 1. The first-order valence-corrected chi connectivity index (χ1v) is 16.6. The van der Waals surface area contributed by atoms with Crippen molar-refractivity contribution < 1.29 is 31.8 Å². The molecule has 2 aromatic heterocycles. The van der Waals surface area contributed by atoms with Gasteiger partial charge in [0.05, 0.1) is 39.8 Å². The summed E-state index contributed by atoms with van der Waals surface area (Å²) in [6, 6.07) is 15.8. The highest BCUT2D eigenvalue weighted by atomic mass is 32.2. The third-order valence-electron chi connectivity index (χ3n) is 6.90. The van der Waals surface area contributed by atoms with Crippen LogP contribution in [0.4, 0.5) is 16.4 Å². The van der Waals surface area contributed by atoms with Gasteiger partial charge in [-0.2, -0.15) is 0 Å². The molecule has 1 aliphatic carbocycles. The molecule has 16 heteroatoms. The number of nitrogens with zero attached hydrogens (tertiary/aromatic N) is 5. The fraction of sp³-hybridized carbons (Fsp3) is 0.259. The number of aromatic nitrogens is 3. The summed E-state index contributed by atoms with van der Waals surface area (Å²) < 4.78 is 47.1. The van der Waals surface area contributed by atoms with Crippen LogP contribution in [-0.2, 0) is 32.8 Å². The molecule has 226 valence electrons. The van der Waals surface area contributed by atoms with Crippen molar-refractivity contribution >= 4 is 48.6 Å². The number of hydrogen-bond acceptors (Lipinski definition) is 11. The van der Waals surface area contributed by atoms with Gasteiger partial charge in [0.1, 0.15) is 21.1 Å². The molecule has 0 unspecified atom stereocenters. The Morgan fingerprint density at radius 1 is 0.953 bits per heavy atom. The molecule has 6 N–H and O–H groups in total. The van der Waals surface area contributed by atoms with Crippen molar-refractivity contribution in [1.82, 2.24) is 15.0 Å². The molecule has 4 aromatic rings. The van der Waals surface area contributed by atoms with Crippen molar-refractivity contribution in [2.75, 3.05) is 21.9 Å². The molecule has 1 fully saturated rings. The summed E-state index contributed by atoms with van der Waals surface area (Å²) in [4.78, 5) is 26.4. The highest BCUT2D eigenvalue weighted by Crippen LogP contribution is 2.42. The van der Waals surface area contributed by atoms with E-state index in [4.69, 9.17) is 16.0 Å². The molecule has 0 spiro atoms. The van der Waals surface area contributed by atoms with Crippen LogP contribution in [0.5, 0.6) is 0 Å². The quantitative estimate of drug-likeness (QED) is 0.112. The molecule has 5 rings (SSSR count). The minimum atomic E-state index is -3.85. The number of fused-ring (bicyclic) bond motifs is 1. The van der Waals surface area contributed by atoms with Gasteiger partial charge in [0, 0.05) is 31.1 Å². The zero-order valence-electron chi connectivity index (χ0n) is 23.0. The van der Waals surface area contributed by atoms with Gasteiger partial charge in [-0.15, -0.1) is 0 Å². The number of benzene rings is 2. The first-order chi connectivity index (χ1) is 20.1. The van der Waals surface area contributed by atoms with Crippen LogP contribution >= 0.6 is 0 Å². The SMILES string of the molecule is CS(=O)(=O)CCc1nc(N(N)Cc2ccc(S(N)(=O)=O)cc2)nc2ccc(-c3ccc(N(C(=O)O)C4(O)CC4)cc3)nc12. The number of carboxylic acid groups (broad SMARTS) is 1. The van der Waals surface area contributed by atoms with E-state index in [-0.39, 0.29) is 29.6 Å². The number of aliphatic hydroxyl groups is 1. The first-order valence-electron chi connectivity index (χ1n) is 13.0. The van der Waals surface area contributed by atoms with Crippen LogP contribution in [0.2, 0.25) is 0 Å². The Hall–Kier alpha value is -4.22. The van der Waals surface area contributed by atoms with Crippen molar-refractivity contribution in [2.24, 2.45) is 11.0 Å². The Morgan fingerprint density at radius 2 is 1.60 bits per heavy atom. The topological polar surface area (TPSA) is 223 Å². The highest BCUT2D eigenvalue weighted by Gasteiger charge is 2.49. The number of hydrogen-bond donors (Lipinski definition) is 4. The van der Waals surface area contributed by atoms with Gasteiger partial charge in [-0.25, -0.2) is 52.5 Å². The maximum Gasteiger partial charge on any atom is 0.414 e. The van der Waals surface area contributed by atoms with Gasteiger partial charge in [-0.05, 0) is 42.0 Å². The summed E-state index contributed by atoms with van der Waals surface area (Å²) >= 11 is 0. The van der Waals surface area contributed by atoms with Gasteiger partial charge < -0.3 is 10.2 Å². The lowest BCUT2D eigenvalue weighted by Gasteiger charge is -2.25. The molecule has 0 saturated heterocycles. The van der Waals surface area contributed by atoms with Crippen LogP contribution in [-0.4, -0.2) is 65.8 Å². The fourth-order valence-electron chi connectivity index (χ4n) is 4.50. The van der Waals surface area contributed by atoms with Crippen LogP contribution < -0.4 is 20.9 Å². The molecule has 14 nitrogen and oxygen atoms in total. The Labute approximate surface area is 247 Å². The zero-order chi connectivity index (χ0) is 31.2. The summed E-state index contributed by atoms with van der Waals surface area (Å²) in [5.41, 5.74) is 1.90. The number of pyridine rings is 1. The van der Waals surface area contributed by atoms with Gasteiger partial charge in [-0.3, -0.25) is 5.01 Å². The number of sulfonamides is 1. The molecule has 1 aliphatic rings. The predicted molar refractivity (Wildman–Crippen MR) is 159 cm³/mol. The Balaban J connectivity index is 1.47. The number of rotatable bonds is 10. The number of sulfone groups is 1. The highest BCUT2D eigenvalue weighted by molar-refractivity contribution is 7.90. The molecule has 0 bridgehead atoms. The van der Waals surface area contributed by atoms with Gasteiger partial charge in [-0.1, -0.05) is 24.3 Å². The molecule has 0 aliphatic heterocycles. The maximum absolute atomic E-state index is 12.0. The summed E-state index contributed by atoms with van der Waals surface area (Å²) in [6.45, 7) is 0.113. The normalized spacial score (nSPS) is 14.4. The van der Waals surface area contributed by atoms with E-state index < -0.39 is 31.7 Å². The van der Waals surface area contributed by atoms with E-state index in [0.29, 0.717) is 52.1 Å². The van der Waals surface area contributed by atoms with Crippen LogP contribution in [0.3, 0.4) is 0 Å². The summed E-state index contributed by atoms with van der Waals surface area (Å²) in [5.74, 6) is 6.19. The third-order valence-corrected chi connectivity index (χ3v) is 8.77. The van der Waals surface area contributed by atoms with Gasteiger partial charge in [0.25, 0.3) is 0 Å². The van der Waals surface area contributed by atoms with E-state index in [1.165, 1.54) is 17.1 Å². The summed E-state index contributed by atoms with van der Waals surface area (Å²) in [5, 5.41) is 26.4. The molecule has 0 radical (unpaired) electrons. The standard InChI is InChI=1S/C27H29N7O7S2/c1-42(38,39)15-12-23-24-22(31-25(32-23)33(28)16-17-2-8-20(9-3-17)43(29,40)41)11-10-21(30-24)18-4-6-19(7-5-18)34(26(35)36)27(37)13-14-27/h2-11,37H,12-16,28H2,1H3,(H,35,36)(H2,29,40,41). The van der Waals surface area contributed by atoms with Crippen molar-refractivity contribution in [3.63, 3.8) is 0 Å². The monoisotopic (exact) mass is 627 g/mol. The van der Waals surface area contributed by atoms with Crippen LogP contribution in [0, 0.1) is 0 Å². The van der Waals surface area contributed by atoms with Gasteiger partial charge >= 0.3 is 6.09 Å². The fourth-order valence-corrected chi connectivity index (χ4v) is 5.58. The van der Waals surface area contributed by atoms with E-state index in [1.807, 2.05) is 0 Å². The minimum absolute atomic E-state index is 0.0409. The third kappa shape index (κ3) is 6.89. The molecule has 0 atom stereocenters. The van der Waals surface area contributed by atoms with Crippen molar-refractivity contribution in [2.45, 2.75) is 36.4 Å².